The van der Waals surface area contributed by atoms with Crippen molar-refractivity contribution in [1.82, 2.24) is 9.29 Å². The fourth-order valence-corrected chi connectivity index (χ4v) is 4.97. The molecule has 3 rings (SSSR count). The van der Waals surface area contributed by atoms with E-state index in [9.17, 15) is 18.0 Å². The van der Waals surface area contributed by atoms with Gasteiger partial charge in [0.2, 0.25) is 15.8 Å². The zero-order valence-electron chi connectivity index (χ0n) is 18.2. The molecule has 1 atom stereocenters. The third-order valence-corrected chi connectivity index (χ3v) is 6.77. The Balaban J connectivity index is 1.68. The summed E-state index contributed by atoms with van der Waals surface area (Å²) in [5, 5.41) is 0. The van der Waals surface area contributed by atoms with Crippen LogP contribution in [0.5, 0.6) is 0 Å². The van der Waals surface area contributed by atoms with Crippen LogP contribution in [-0.2, 0) is 19.5 Å². The number of ether oxygens (including phenoxy) is 2. The molecule has 1 aromatic heterocycles. The molecule has 1 heterocycles. The van der Waals surface area contributed by atoms with E-state index in [-0.39, 0.29) is 28.3 Å². The van der Waals surface area contributed by atoms with Gasteiger partial charge in [-0.3, -0.25) is 4.79 Å². The highest BCUT2D eigenvalue weighted by Crippen LogP contribution is 2.23. The van der Waals surface area contributed by atoms with E-state index in [1.807, 2.05) is 25.3 Å². The Morgan fingerprint density at radius 2 is 1.94 bits per heavy atom. The van der Waals surface area contributed by atoms with Crippen LogP contribution in [0.15, 0.2) is 35.2 Å². The van der Waals surface area contributed by atoms with Gasteiger partial charge in [0.15, 0.2) is 6.61 Å². The van der Waals surface area contributed by atoms with E-state index in [4.69, 9.17) is 9.47 Å². The standard InChI is InChI=1S/C22H28N2O6S/c1-14-10-20(16(3)24(14)15(2)12-29-4)21(25)13-30-22(26)17-6-5-7-19(11-17)31(27,28)23-18-8-9-18/h5-7,10-11,15,18,23H,8-9,12-13H2,1-4H3. The number of hydrogen-bond donors (Lipinski definition) is 1. The number of hydrogen-bond acceptors (Lipinski definition) is 6. The number of sulfonamides is 1. The number of nitrogens with one attached hydrogen (secondary N) is 1. The number of aromatic nitrogens is 1. The summed E-state index contributed by atoms with van der Waals surface area (Å²) in [7, 11) is -2.06. The molecule has 1 aliphatic carbocycles. The average molecular weight is 449 g/mol. The van der Waals surface area contributed by atoms with Crippen LogP contribution in [0.3, 0.4) is 0 Å². The smallest absolute Gasteiger partial charge is 0.338 e. The normalized spacial score (nSPS) is 15.0. The number of carbonyl (C=O) groups is 2. The number of nitrogens with zero attached hydrogens (tertiary/aromatic N) is 1. The van der Waals surface area contributed by atoms with Gasteiger partial charge in [0.25, 0.3) is 0 Å². The third kappa shape index (κ3) is 5.41. The Hall–Kier alpha value is -2.49. The molecular weight excluding hydrogens is 420 g/mol. The first-order valence-electron chi connectivity index (χ1n) is 10.1. The van der Waals surface area contributed by atoms with Crippen molar-refractivity contribution in [2.24, 2.45) is 0 Å². The zero-order valence-corrected chi connectivity index (χ0v) is 19.0. The lowest BCUT2D eigenvalue weighted by atomic mass is 10.1. The van der Waals surface area contributed by atoms with E-state index >= 15 is 0 Å². The van der Waals surface area contributed by atoms with E-state index < -0.39 is 22.6 Å². The molecule has 0 aliphatic heterocycles. The molecule has 31 heavy (non-hydrogen) atoms. The van der Waals surface area contributed by atoms with Crippen LogP contribution in [0.4, 0.5) is 0 Å². The molecule has 9 heteroatoms. The van der Waals surface area contributed by atoms with E-state index in [1.165, 1.54) is 24.3 Å². The number of Topliss-reactive ketones (excluding diaryl/α,β-unsaturated/α-hetero) is 1. The van der Waals surface area contributed by atoms with Gasteiger partial charge < -0.3 is 14.0 Å². The topological polar surface area (TPSA) is 104 Å². The molecule has 1 aliphatic rings. The Bertz CT molecular complexity index is 1090. The lowest BCUT2D eigenvalue weighted by Gasteiger charge is -2.17. The summed E-state index contributed by atoms with van der Waals surface area (Å²) in [6, 6.07) is 7.41. The van der Waals surface area contributed by atoms with Crippen molar-refractivity contribution in [2.45, 2.75) is 50.6 Å². The molecule has 8 nitrogen and oxygen atoms in total. The second-order valence-electron chi connectivity index (χ2n) is 7.88. The number of aryl methyl sites for hydroxylation is 1. The van der Waals surface area contributed by atoms with E-state index in [0.29, 0.717) is 12.2 Å². The van der Waals surface area contributed by atoms with Gasteiger partial charge in [-0.25, -0.2) is 17.9 Å². The Kier molecular flexibility index (Phi) is 6.98. The van der Waals surface area contributed by atoms with Crippen LogP contribution < -0.4 is 4.72 Å². The fraction of sp³-hybridized carbons (Fsp3) is 0.455. The highest BCUT2D eigenvalue weighted by molar-refractivity contribution is 7.89. The van der Waals surface area contributed by atoms with Gasteiger partial charge in [0, 0.05) is 30.1 Å². The summed E-state index contributed by atoms with van der Waals surface area (Å²) >= 11 is 0. The van der Waals surface area contributed by atoms with Gasteiger partial charge in [0.1, 0.15) is 0 Å². The summed E-state index contributed by atoms with van der Waals surface area (Å²) in [4.78, 5) is 25.1. The Morgan fingerprint density at radius 1 is 1.23 bits per heavy atom. The van der Waals surface area contributed by atoms with Crippen LogP contribution in [0.2, 0.25) is 0 Å². The van der Waals surface area contributed by atoms with Gasteiger partial charge in [-0.05, 0) is 57.9 Å². The van der Waals surface area contributed by atoms with Crippen molar-refractivity contribution >= 4 is 21.8 Å². The first-order valence-corrected chi connectivity index (χ1v) is 11.6. The number of benzene rings is 1. The van der Waals surface area contributed by atoms with Crippen LogP contribution >= 0.6 is 0 Å². The second-order valence-corrected chi connectivity index (χ2v) is 9.60. The molecular formula is C22H28N2O6S. The number of methoxy groups -OCH3 is 1. The predicted molar refractivity (Wildman–Crippen MR) is 115 cm³/mol. The summed E-state index contributed by atoms with van der Waals surface area (Å²) in [5.41, 5.74) is 2.25. The highest BCUT2D eigenvalue weighted by Gasteiger charge is 2.28. The van der Waals surface area contributed by atoms with Crippen LogP contribution in [0.25, 0.3) is 0 Å². The number of ketones is 1. The number of carbonyl (C=O) groups excluding carboxylic acids is 2. The van der Waals surface area contributed by atoms with Gasteiger partial charge in [-0.15, -0.1) is 0 Å². The minimum absolute atomic E-state index is 0.00384. The number of esters is 1. The maximum atomic E-state index is 12.7. The van der Waals surface area contributed by atoms with Crippen LogP contribution in [0.1, 0.15) is 57.9 Å². The van der Waals surface area contributed by atoms with E-state index in [2.05, 4.69) is 4.72 Å². The Labute approximate surface area is 182 Å². The zero-order chi connectivity index (χ0) is 22.8. The fourth-order valence-electron chi connectivity index (χ4n) is 3.62. The molecule has 1 unspecified atom stereocenters. The lowest BCUT2D eigenvalue weighted by Crippen LogP contribution is -2.26. The molecule has 0 spiro atoms. The maximum absolute atomic E-state index is 12.7. The van der Waals surface area contributed by atoms with Gasteiger partial charge in [-0.1, -0.05) is 6.07 Å². The monoisotopic (exact) mass is 448 g/mol. The van der Waals surface area contributed by atoms with Gasteiger partial charge in [-0.2, -0.15) is 0 Å². The summed E-state index contributed by atoms with van der Waals surface area (Å²) in [6.07, 6.45) is 1.63. The van der Waals surface area contributed by atoms with E-state index in [1.54, 1.807) is 13.2 Å². The molecule has 1 fully saturated rings. The minimum Gasteiger partial charge on any atom is -0.454 e. The van der Waals surface area contributed by atoms with Gasteiger partial charge >= 0.3 is 5.97 Å². The molecule has 1 aromatic carbocycles. The molecule has 0 radical (unpaired) electrons. The average Bonchev–Trinajstić information content (AvgIpc) is 3.47. The van der Waals surface area contributed by atoms with E-state index in [0.717, 1.165) is 24.2 Å². The lowest BCUT2D eigenvalue weighted by molar-refractivity contribution is 0.0474. The van der Waals surface area contributed by atoms with Crippen molar-refractivity contribution < 1.29 is 27.5 Å². The molecule has 1 saturated carbocycles. The first kappa shape index (κ1) is 23.2. The largest absolute Gasteiger partial charge is 0.454 e. The van der Waals surface area contributed by atoms with Crippen molar-refractivity contribution in [2.75, 3.05) is 20.3 Å². The van der Waals surface area contributed by atoms with Gasteiger partial charge in [0.05, 0.1) is 23.1 Å². The molecule has 168 valence electrons. The Morgan fingerprint density at radius 3 is 2.58 bits per heavy atom. The van der Waals surface area contributed by atoms with Crippen LogP contribution in [-0.4, -0.2) is 51.1 Å². The SMILES string of the molecule is COCC(C)n1c(C)cc(C(=O)COC(=O)c2cccc(S(=O)(=O)NC3CC3)c2)c1C. The molecule has 0 saturated heterocycles. The summed E-state index contributed by atoms with van der Waals surface area (Å²) in [5.74, 6) is -1.07. The maximum Gasteiger partial charge on any atom is 0.338 e. The predicted octanol–water partition coefficient (Wildman–Crippen LogP) is 2.79. The molecule has 1 N–H and O–H groups in total. The van der Waals surface area contributed by atoms with Crippen molar-refractivity contribution in [3.63, 3.8) is 0 Å². The summed E-state index contributed by atoms with van der Waals surface area (Å²) < 4.78 is 39.7. The quantitative estimate of drug-likeness (QED) is 0.443. The number of rotatable bonds is 10. The molecule has 0 amide bonds. The minimum atomic E-state index is -3.69. The molecule has 0 bridgehead atoms. The highest BCUT2D eigenvalue weighted by atomic mass is 32.2. The van der Waals surface area contributed by atoms with Crippen molar-refractivity contribution in [3.8, 4) is 0 Å². The molecule has 2 aromatic rings. The van der Waals surface area contributed by atoms with Crippen LogP contribution in [0, 0.1) is 13.8 Å². The van der Waals surface area contributed by atoms with Crippen molar-refractivity contribution in [1.29, 1.82) is 0 Å². The summed E-state index contributed by atoms with van der Waals surface area (Å²) in [6.45, 7) is 5.82. The van der Waals surface area contributed by atoms with Crippen molar-refractivity contribution in [3.05, 3.63) is 52.8 Å². The third-order valence-electron chi connectivity index (χ3n) is 5.25. The first-order chi connectivity index (χ1) is 14.6. The second kappa shape index (κ2) is 9.33.